The molecule has 2 N–H and O–H groups in total. The molecule has 1 saturated heterocycles. The lowest BCUT2D eigenvalue weighted by Gasteiger charge is -2.60. The van der Waals surface area contributed by atoms with E-state index in [1.807, 2.05) is 60.7 Å². The highest BCUT2D eigenvalue weighted by Crippen LogP contribution is 2.52. The molecule has 3 rings (SSSR count). The van der Waals surface area contributed by atoms with Crippen LogP contribution in [0.4, 0.5) is 0 Å². The Kier molecular flexibility index (Phi) is 4.55. The molecule has 3 heteroatoms. The highest BCUT2D eigenvalue weighted by atomic mass is 16.4. The van der Waals surface area contributed by atoms with Crippen LogP contribution >= 0.6 is 0 Å². The summed E-state index contributed by atoms with van der Waals surface area (Å²) in [5.74, 6) is 0. The second kappa shape index (κ2) is 6.19. The summed E-state index contributed by atoms with van der Waals surface area (Å²) in [6.07, 6.45) is 0.945. The van der Waals surface area contributed by atoms with Gasteiger partial charge in [0.25, 0.3) is 0 Å². The van der Waals surface area contributed by atoms with Crippen LogP contribution in [0.3, 0.4) is 0 Å². The summed E-state index contributed by atoms with van der Waals surface area (Å²) in [5, 5.41) is 24.1. The summed E-state index contributed by atoms with van der Waals surface area (Å²) < 4.78 is 0. The summed E-state index contributed by atoms with van der Waals surface area (Å²) in [7, 11) is 2.10. The normalized spacial score (nSPS) is 22.1. The van der Waals surface area contributed by atoms with Gasteiger partial charge < -0.3 is 10.2 Å². The molecule has 140 valence electrons. The largest absolute Gasteiger partial charge is 0.386 e. The van der Waals surface area contributed by atoms with Crippen molar-refractivity contribution in [3.05, 3.63) is 71.8 Å². The molecule has 0 amide bonds. The molecule has 1 aliphatic heterocycles. The molecule has 0 aliphatic carbocycles. The van der Waals surface area contributed by atoms with Crippen LogP contribution in [0.5, 0.6) is 0 Å². The predicted molar refractivity (Wildman–Crippen MR) is 106 cm³/mol. The van der Waals surface area contributed by atoms with Crippen molar-refractivity contribution in [2.45, 2.75) is 62.8 Å². The second-order valence-corrected chi connectivity index (χ2v) is 9.01. The minimum atomic E-state index is -1.48. The molecule has 0 spiro atoms. The van der Waals surface area contributed by atoms with E-state index >= 15 is 0 Å². The first-order valence-electron chi connectivity index (χ1n) is 9.33. The molecule has 1 heterocycles. The van der Waals surface area contributed by atoms with Gasteiger partial charge in [0.15, 0.2) is 0 Å². The molecule has 0 saturated carbocycles. The van der Waals surface area contributed by atoms with Crippen LogP contribution in [0.25, 0.3) is 0 Å². The lowest BCUT2D eigenvalue weighted by molar-refractivity contribution is -0.207. The van der Waals surface area contributed by atoms with Gasteiger partial charge in [0, 0.05) is 11.1 Å². The van der Waals surface area contributed by atoms with Gasteiger partial charge in [-0.15, -0.1) is 0 Å². The standard InChI is InChI=1S/C23H31NO2/c1-20(2)16-22(25,17-21(3,4)24(20)5)23(26,18-12-8-6-9-13-18)19-14-10-7-11-15-19/h6-15,25-26H,16-17H2,1-5H3. The monoisotopic (exact) mass is 353 g/mol. The van der Waals surface area contributed by atoms with Crippen molar-refractivity contribution in [2.75, 3.05) is 7.05 Å². The zero-order valence-electron chi connectivity index (χ0n) is 16.5. The fourth-order valence-corrected chi connectivity index (χ4v) is 4.87. The molecular formula is C23H31NO2. The maximum Gasteiger partial charge on any atom is 0.143 e. The lowest BCUT2D eigenvalue weighted by Crippen LogP contribution is -2.69. The smallest absolute Gasteiger partial charge is 0.143 e. The van der Waals surface area contributed by atoms with Gasteiger partial charge in [-0.3, -0.25) is 4.90 Å². The van der Waals surface area contributed by atoms with E-state index < -0.39 is 11.2 Å². The van der Waals surface area contributed by atoms with Crippen LogP contribution in [0.1, 0.15) is 51.7 Å². The fraction of sp³-hybridized carbons (Fsp3) is 0.478. The number of hydrogen-bond donors (Lipinski definition) is 2. The minimum Gasteiger partial charge on any atom is -0.386 e. The highest BCUT2D eigenvalue weighted by Gasteiger charge is 2.60. The van der Waals surface area contributed by atoms with Crippen molar-refractivity contribution in [3.63, 3.8) is 0 Å². The predicted octanol–water partition coefficient (Wildman–Crippen LogP) is 3.94. The molecular weight excluding hydrogens is 322 g/mol. The Labute approximate surface area is 157 Å². The summed E-state index contributed by atoms with van der Waals surface area (Å²) in [6, 6.07) is 19.1. The molecule has 0 aromatic heterocycles. The van der Waals surface area contributed by atoms with E-state index in [4.69, 9.17) is 0 Å². The van der Waals surface area contributed by atoms with E-state index in [0.29, 0.717) is 12.8 Å². The third kappa shape index (κ3) is 2.88. The fourth-order valence-electron chi connectivity index (χ4n) is 4.87. The van der Waals surface area contributed by atoms with Crippen LogP contribution in [0.2, 0.25) is 0 Å². The molecule has 1 fully saturated rings. The third-order valence-electron chi connectivity index (χ3n) is 6.32. The van der Waals surface area contributed by atoms with Gasteiger partial charge in [-0.2, -0.15) is 0 Å². The van der Waals surface area contributed by atoms with Crippen molar-refractivity contribution in [1.29, 1.82) is 0 Å². The van der Waals surface area contributed by atoms with Gasteiger partial charge in [-0.05, 0) is 58.7 Å². The Hall–Kier alpha value is -1.68. The molecule has 0 radical (unpaired) electrons. The topological polar surface area (TPSA) is 43.7 Å². The number of hydrogen-bond acceptors (Lipinski definition) is 3. The van der Waals surface area contributed by atoms with Crippen molar-refractivity contribution < 1.29 is 10.2 Å². The van der Waals surface area contributed by atoms with E-state index in [2.05, 4.69) is 39.6 Å². The van der Waals surface area contributed by atoms with Gasteiger partial charge in [0.1, 0.15) is 11.2 Å². The van der Waals surface area contributed by atoms with E-state index in [1.165, 1.54) is 0 Å². The van der Waals surface area contributed by atoms with Crippen LogP contribution in [-0.2, 0) is 5.60 Å². The Morgan fingerprint density at radius 3 is 1.46 bits per heavy atom. The van der Waals surface area contributed by atoms with E-state index in [-0.39, 0.29) is 11.1 Å². The molecule has 26 heavy (non-hydrogen) atoms. The number of rotatable bonds is 3. The van der Waals surface area contributed by atoms with Crippen molar-refractivity contribution in [1.82, 2.24) is 4.90 Å². The Balaban J connectivity index is 2.23. The summed E-state index contributed by atoms with van der Waals surface area (Å²) >= 11 is 0. The second-order valence-electron chi connectivity index (χ2n) is 9.01. The Bertz CT molecular complexity index is 695. The van der Waals surface area contributed by atoms with Gasteiger partial charge >= 0.3 is 0 Å². The third-order valence-corrected chi connectivity index (χ3v) is 6.32. The zero-order valence-corrected chi connectivity index (χ0v) is 16.5. The van der Waals surface area contributed by atoms with Crippen LogP contribution in [0, 0.1) is 0 Å². The Morgan fingerprint density at radius 2 is 1.12 bits per heavy atom. The van der Waals surface area contributed by atoms with Gasteiger partial charge in [0.2, 0.25) is 0 Å². The first kappa shape index (κ1) is 19.1. The highest BCUT2D eigenvalue weighted by molar-refractivity contribution is 5.41. The van der Waals surface area contributed by atoms with Gasteiger partial charge in [-0.25, -0.2) is 0 Å². The number of aliphatic hydroxyl groups is 2. The van der Waals surface area contributed by atoms with E-state index in [1.54, 1.807) is 0 Å². The SMILES string of the molecule is CN1C(C)(C)CC(O)(C(O)(c2ccccc2)c2ccccc2)CC1(C)C. The van der Waals surface area contributed by atoms with E-state index in [0.717, 1.165) is 11.1 Å². The molecule has 1 aliphatic rings. The molecule has 3 nitrogen and oxygen atoms in total. The summed E-state index contributed by atoms with van der Waals surface area (Å²) in [4.78, 5) is 2.31. The van der Waals surface area contributed by atoms with Crippen molar-refractivity contribution >= 4 is 0 Å². The molecule has 0 bridgehead atoms. The first-order chi connectivity index (χ1) is 12.0. The maximum atomic E-state index is 12.1. The van der Waals surface area contributed by atoms with Crippen LogP contribution in [-0.4, -0.2) is 38.8 Å². The first-order valence-corrected chi connectivity index (χ1v) is 9.33. The van der Waals surface area contributed by atoms with Gasteiger partial charge in [0.05, 0.1) is 0 Å². The number of likely N-dealkylation sites (tertiary alicyclic amines) is 1. The summed E-state index contributed by atoms with van der Waals surface area (Å²) in [6.45, 7) is 8.54. The van der Waals surface area contributed by atoms with Crippen LogP contribution in [0.15, 0.2) is 60.7 Å². The molecule has 2 aromatic rings. The van der Waals surface area contributed by atoms with Crippen LogP contribution < -0.4 is 0 Å². The minimum absolute atomic E-state index is 0.256. The number of piperidine rings is 1. The average molecular weight is 354 g/mol. The molecule has 0 atom stereocenters. The van der Waals surface area contributed by atoms with Gasteiger partial charge in [-0.1, -0.05) is 60.7 Å². The maximum absolute atomic E-state index is 12.1. The number of benzene rings is 2. The molecule has 2 aromatic carbocycles. The quantitative estimate of drug-likeness (QED) is 0.878. The molecule has 0 unspecified atom stereocenters. The van der Waals surface area contributed by atoms with Crippen molar-refractivity contribution in [3.8, 4) is 0 Å². The zero-order chi connectivity index (χ0) is 19.2. The Morgan fingerprint density at radius 1 is 0.769 bits per heavy atom. The lowest BCUT2D eigenvalue weighted by atomic mass is 9.60. The number of nitrogens with zero attached hydrogens (tertiary/aromatic N) is 1. The van der Waals surface area contributed by atoms with Crippen molar-refractivity contribution in [2.24, 2.45) is 0 Å². The summed E-state index contributed by atoms with van der Waals surface area (Å²) in [5.41, 5.74) is -1.84. The average Bonchev–Trinajstić information content (AvgIpc) is 2.59. The van der Waals surface area contributed by atoms with E-state index in [9.17, 15) is 10.2 Å².